The average Bonchev–Trinajstić information content (AvgIpc) is 2.83. The third kappa shape index (κ3) is 2.47. The summed E-state index contributed by atoms with van der Waals surface area (Å²) in [6.45, 7) is 0.802. The summed E-state index contributed by atoms with van der Waals surface area (Å²) < 4.78 is 0. The van der Waals surface area contributed by atoms with Crippen molar-refractivity contribution in [2.45, 2.75) is 44.9 Å². The fraction of sp³-hybridized carbons (Fsp3) is 0.929. The van der Waals surface area contributed by atoms with Gasteiger partial charge in [0.1, 0.15) is 0 Å². The number of carbonyl (C=O) groups excluding carboxylic acids is 1. The fourth-order valence-electron chi connectivity index (χ4n) is 3.76. The SMILES string of the molecule is O=C(CC1CC2CCC1C2)NCC1(CCl)CC1. The summed E-state index contributed by atoms with van der Waals surface area (Å²) in [6.07, 6.45) is 8.62. The van der Waals surface area contributed by atoms with Gasteiger partial charge < -0.3 is 5.32 Å². The van der Waals surface area contributed by atoms with Crippen LogP contribution in [-0.2, 0) is 4.79 Å². The molecule has 0 heterocycles. The van der Waals surface area contributed by atoms with Crippen molar-refractivity contribution < 1.29 is 4.79 Å². The fourth-order valence-corrected chi connectivity index (χ4v) is 4.12. The molecule has 0 aromatic carbocycles. The Hall–Kier alpha value is -0.240. The Morgan fingerprint density at radius 3 is 2.65 bits per heavy atom. The van der Waals surface area contributed by atoms with Crippen LogP contribution in [0.2, 0.25) is 0 Å². The summed E-state index contributed by atoms with van der Waals surface area (Å²) in [5.41, 5.74) is 0.256. The van der Waals surface area contributed by atoms with Gasteiger partial charge >= 0.3 is 0 Å². The monoisotopic (exact) mass is 255 g/mol. The van der Waals surface area contributed by atoms with Crippen LogP contribution in [0, 0.1) is 23.2 Å². The van der Waals surface area contributed by atoms with Crippen molar-refractivity contribution >= 4 is 17.5 Å². The van der Waals surface area contributed by atoms with Gasteiger partial charge in [0, 0.05) is 24.3 Å². The maximum Gasteiger partial charge on any atom is 0.220 e. The minimum absolute atomic E-state index is 0.256. The van der Waals surface area contributed by atoms with Gasteiger partial charge in [0.05, 0.1) is 0 Å². The highest BCUT2D eigenvalue weighted by molar-refractivity contribution is 6.18. The minimum atomic E-state index is 0.256. The van der Waals surface area contributed by atoms with Gasteiger partial charge in [-0.1, -0.05) is 6.42 Å². The molecule has 3 rings (SSSR count). The van der Waals surface area contributed by atoms with E-state index in [0.717, 1.165) is 24.8 Å². The molecule has 3 fully saturated rings. The van der Waals surface area contributed by atoms with Crippen LogP contribution in [0.5, 0.6) is 0 Å². The zero-order valence-electron chi connectivity index (χ0n) is 10.4. The van der Waals surface area contributed by atoms with Gasteiger partial charge in [-0.25, -0.2) is 0 Å². The first-order chi connectivity index (χ1) is 8.21. The van der Waals surface area contributed by atoms with Gasteiger partial charge in [0.25, 0.3) is 0 Å². The van der Waals surface area contributed by atoms with Crippen molar-refractivity contribution in [2.75, 3.05) is 12.4 Å². The van der Waals surface area contributed by atoms with Gasteiger partial charge in [0.15, 0.2) is 0 Å². The van der Waals surface area contributed by atoms with E-state index < -0.39 is 0 Å². The second kappa shape index (κ2) is 4.46. The average molecular weight is 256 g/mol. The molecule has 0 radical (unpaired) electrons. The largest absolute Gasteiger partial charge is 0.355 e. The molecule has 2 nitrogen and oxygen atoms in total. The van der Waals surface area contributed by atoms with Crippen LogP contribution >= 0.6 is 11.6 Å². The molecule has 3 unspecified atom stereocenters. The highest BCUT2D eigenvalue weighted by Crippen LogP contribution is 2.49. The lowest BCUT2D eigenvalue weighted by atomic mass is 9.86. The van der Waals surface area contributed by atoms with Crippen molar-refractivity contribution in [2.24, 2.45) is 23.2 Å². The lowest BCUT2D eigenvalue weighted by molar-refractivity contribution is -0.122. The highest BCUT2D eigenvalue weighted by Gasteiger charge is 2.43. The number of halogens is 1. The Labute approximate surface area is 108 Å². The Balaban J connectivity index is 1.42. The Morgan fingerprint density at radius 1 is 1.29 bits per heavy atom. The van der Waals surface area contributed by atoms with Crippen LogP contribution in [0.4, 0.5) is 0 Å². The molecule has 0 aliphatic heterocycles. The van der Waals surface area contributed by atoms with Gasteiger partial charge in [-0.3, -0.25) is 4.79 Å². The molecule has 1 N–H and O–H groups in total. The highest BCUT2D eigenvalue weighted by atomic mass is 35.5. The first-order valence-electron chi connectivity index (χ1n) is 7.03. The van der Waals surface area contributed by atoms with Crippen molar-refractivity contribution in [1.29, 1.82) is 0 Å². The molecule has 96 valence electrons. The van der Waals surface area contributed by atoms with E-state index >= 15 is 0 Å². The molecular weight excluding hydrogens is 234 g/mol. The van der Waals surface area contributed by atoms with Gasteiger partial charge in [-0.05, 0) is 49.9 Å². The van der Waals surface area contributed by atoms with Crippen LogP contribution in [0.25, 0.3) is 0 Å². The molecular formula is C14H22ClNO. The predicted molar refractivity (Wildman–Crippen MR) is 69.0 cm³/mol. The number of alkyl halides is 1. The van der Waals surface area contributed by atoms with Gasteiger partial charge in [0.2, 0.25) is 5.91 Å². The second-order valence-electron chi connectivity index (χ2n) is 6.55. The van der Waals surface area contributed by atoms with Gasteiger partial charge in [-0.15, -0.1) is 11.6 Å². The number of hydrogen-bond acceptors (Lipinski definition) is 1. The van der Waals surface area contributed by atoms with E-state index in [1.54, 1.807) is 0 Å². The third-order valence-corrected chi connectivity index (χ3v) is 5.80. The van der Waals surface area contributed by atoms with E-state index in [-0.39, 0.29) is 11.3 Å². The zero-order chi connectivity index (χ0) is 11.9. The van der Waals surface area contributed by atoms with Crippen LogP contribution in [0.3, 0.4) is 0 Å². The molecule has 2 bridgehead atoms. The van der Waals surface area contributed by atoms with Crippen molar-refractivity contribution in [3.05, 3.63) is 0 Å². The molecule has 0 saturated heterocycles. The first kappa shape index (κ1) is 11.8. The summed E-state index contributed by atoms with van der Waals surface area (Å²) in [4.78, 5) is 11.9. The van der Waals surface area contributed by atoms with E-state index in [4.69, 9.17) is 11.6 Å². The Bertz CT molecular complexity index is 313. The van der Waals surface area contributed by atoms with E-state index in [2.05, 4.69) is 5.32 Å². The molecule has 3 aliphatic rings. The quantitative estimate of drug-likeness (QED) is 0.752. The smallest absolute Gasteiger partial charge is 0.220 e. The summed E-state index contributed by atoms with van der Waals surface area (Å²) in [7, 11) is 0. The standard InChI is InChI=1S/C14H22ClNO/c15-8-14(3-4-14)9-16-13(17)7-12-6-10-1-2-11(12)5-10/h10-12H,1-9H2,(H,16,17). The summed E-state index contributed by atoms with van der Waals surface area (Å²) in [5, 5.41) is 3.10. The van der Waals surface area contributed by atoms with Crippen LogP contribution in [0.15, 0.2) is 0 Å². The molecule has 17 heavy (non-hydrogen) atoms. The van der Waals surface area contributed by atoms with E-state index in [1.165, 1.54) is 38.5 Å². The van der Waals surface area contributed by atoms with Crippen molar-refractivity contribution in [3.8, 4) is 0 Å². The Kier molecular flexibility index (Phi) is 3.10. The molecule has 0 aromatic heterocycles. The molecule has 3 heteroatoms. The minimum Gasteiger partial charge on any atom is -0.355 e. The third-order valence-electron chi connectivity index (χ3n) is 5.23. The lowest BCUT2D eigenvalue weighted by Gasteiger charge is -2.21. The van der Waals surface area contributed by atoms with Crippen molar-refractivity contribution in [3.63, 3.8) is 0 Å². The van der Waals surface area contributed by atoms with Gasteiger partial charge in [-0.2, -0.15) is 0 Å². The molecule has 1 amide bonds. The summed E-state index contributed by atoms with van der Waals surface area (Å²) in [6, 6.07) is 0. The lowest BCUT2D eigenvalue weighted by Crippen LogP contribution is -2.32. The second-order valence-corrected chi connectivity index (χ2v) is 6.82. The molecule has 3 saturated carbocycles. The molecule has 0 aromatic rings. The normalized spacial score (nSPS) is 37.1. The number of carbonyl (C=O) groups is 1. The van der Waals surface area contributed by atoms with Crippen LogP contribution in [-0.4, -0.2) is 18.3 Å². The number of rotatable bonds is 5. The number of hydrogen-bond donors (Lipinski definition) is 1. The number of amides is 1. The number of fused-ring (bicyclic) bond motifs is 2. The Morgan fingerprint density at radius 2 is 2.12 bits per heavy atom. The summed E-state index contributed by atoms with van der Waals surface area (Å²) >= 11 is 5.91. The maximum atomic E-state index is 11.9. The van der Waals surface area contributed by atoms with E-state index in [1.807, 2.05) is 0 Å². The van der Waals surface area contributed by atoms with E-state index in [0.29, 0.717) is 11.8 Å². The molecule has 3 atom stereocenters. The number of nitrogens with one attached hydrogen (secondary N) is 1. The molecule has 3 aliphatic carbocycles. The van der Waals surface area contributed by atoms with Crippen molar-refractivity contribution in [1.82, 2.24) is 5.32 Å². The topological polar surface area (TPSA) is 29.1 Å². The van der Waals surface area contributed by atoms with E-state index in [9.17, 15) is 4.79 Å². The maximum absolute atomic E-state index is 11.9. The zero-order valence-corrected chi connectivity index (χ0v) is 11.1. The predicted octanol–water partition coefficient (Wildman–Crippen LogP) is 2.95. The molecule has 0 spiro atoms. The summed E-state index contributed by atoms with van der Waals surface area (Å²) in [5.74, 6) is 3.43. The first-order valence-corrected chi connectivity index (χ1v) is 7.57. The van der Waals surface area contributed by atoms with Crippen LogP contribution in [0.1, 0.15) is 44.9 Å². The van der Waals surface area contributed by atoms with Crippen LogP contribution < -0.4 is 5.32 Å².